The van der Waals surface area contributed by atoms with Crippen molar-refractivity contribution in [1.29, 1.82) is 0 Å². The van der Waals surface area contributed by atoms with Crippen LogP contribution in [0.5, 0.6) is 0 Å². The fourth-order valence-electron chi connectivity index (χ4n) is 4.00. The van der Waals surface area contributed by atoms with E-state index in [4.69, 9.17) is 23.2 Å². The van der Waals surface area contributed by atoms with Gasteiger partial charge in [-0.1, -0.05) is 29.3 Å². The van der Waals surface area contributed by atoms with E-state index < -0.39 is 5.92 Å². The van der Waals surface area contributed by atoms with E-state index in [2.05, 4.69) is 10.2 Å². The van der Waals surface area contributed by atoms with Gasteiger partial charge in [-0.2, -0.15) is 0 Å². The number of amides is 2. The smallest absolute Gasteiger partial charge is 0.229 e. The van der Waals surface area contributed by atoms with E-state index in [-0.39, 0.29) is 18.2 Å². The van der Waals surface area contributed by atoms with E-state index in [0.29, 0.717) is 28.0 Å². The van der Waals surface area contributed by atoms with Crippen LogP contribution in [0, 0.1) is 5.92 Å². The van der Waals surface area contributed by atoms with E-state index in [0.717, 1.165) is 18.8 Å². The lowest BCUT2D eigenvalue weighted by Gasteiger charge is -2.29. The minimum absolute atomic E-state index is 0.0779. The van der Waals surface area contributed by atoms with Crippen LogP contribution in [0.4, 0.5) is 17.1 Å². The average Bonchev–Trinajstić information content (AvgIpc) is 3.11. The number of nitrogens with zero attached hydrogens (tertiary/aromatic N) is 2. The van der Waals surface area contributed by atoms with Crippen molar-refractivity contribution >= 4 is 52.1 Å². The molecule has 2 saturated heterocycles. The third kappa shape index (κ3) is 4.51. The van der Waals surface area contributed by atoms with Crippen LogP contribution in [0.1, 0.15) is 25.7 Å². The number of piperidine rings is 1. The number of hydrogen-bond acceptors (Lipinski definition) is 3. The maximum Gasteiger partial charge on any atom is 0.229 e. The molecule has 0 aliphatic carbocycles. The highest BCUT2D eigenvalue weighted by Crippen LogP contribution is 2.32. The van der Waals surface area contributed by atoms with Crippen LogP contribution in [-0.2, 0) is 9.59 Å². The zero-order chi connectivity index (χ0) is 20.4. The van der Waals surface area contributed by atoms with Crippen molar-refractivity contribution in [2.75, 3.05) is 34.8 Å². The normalized spacial score (nSPS) is 19.5. The molecule has 1 unspecified atom stereocenters. The van der Waals surface area contributed by atoms with Gasteiger partial charge in [0, 0.05) is 42.5 Å². The van der Waals surface area contributed by atoms with Crippen LogP contribution in [-0.4, -0.2) is 31.4 Å². The van der Waals surface area contributed by atoms with Crippen LogP contribution in [0.3, 0.4) is 0 Å². The molecule has 1 N–H and O–H groups in total. The molecule has 4 rings (SSSR count). The second kappa shape index (κ2) is 8.64. The van der Waals surface area contributed by atoms with Gasteiger partial charge in [0.15, 0.2) is 0 Å². The van der Waals surface area contributed by atoms with Crippen molar-refractivity contribution in [3.63, 3.8) is 0 Å². The monoisotopic (exact) mass is 431 g/mol. The molecule has 29 heavy (non-hydrogen) atoms. The number of hydrogen-bond donors (Lipinski definition) is 1. The Kier molecular flexibility index (Phi) is 5.97. The summed E-state index contributed by atoms with van der Waals surface area (Å²) in [6.45, 7) is 2.36. The molecular weight excluding hydrogens is 409 g/mol. The Bertz CT molecular complexity index is 928. The van der Waals surface area contributed by atoms with Crippen molar-refractivity contribution in [1.82, 2.24) is 0 Å². The Labute approximate surface area is 180 Å². The summed E-state index contributed by atoms with van der Waals surface area (Å²) >= 11 is 12.5. The zero-order valence-electron chi connectivity index (χ0n) is 16.0. The lowest BCUT2D eigenvalue weighted by atomic mass is 10.1. The molecule has 2 aliphatic rings. The van der Waals surface area contributed by atoms with Gasteiger partial charge in [-0.25, -0.2) is 0 Å². The Morgan fingerprint density at radius 1 is 1.03 bits per heavy atom. The van der Waals surface area contributed by atoms with Gasteiger partial charge in [-0.05, 0) is 55.7 Å². The maximum atomic E-state index is 12.7. The Balaban J connectivity index is 1.41. The molecule has 5 nitrogen and oxygen atoms in total. The average molecular weight is 432 g/mol. The number of nitrogens with one attached hydrogen (secondary N) is 1. The third-order valence-corrected chi connectivity index (χ3v) is 6.07. The van der Waals surface area contributed by atoms with Crippen molar-refractivity contribution in [3.8, 4) is 0 Å². The predicted octanol–water partition coefficient (Wildman–Crippen LogP) is 4.98. The first-order valence-electron chi connectivity index (χ1n) is 9.92. The number of anilines is 3. The summed E-state index contributed by atoms with van der Waals surface area (Å²) < 4.78 is 0. The van der Waals surface area contributed by atoms with Crippen LogP contribution in [0.2, 0.25) is 10.0 Å². The van der Waals surface area contributed by atoms with Gasteiger partial charge in [-0.15, -0.1) is 0 Å². The summed E-state index contributed by atoms with van der Waals surface area (Å²) in [7, 11) is 0. The minimum Gasteiger partial charge on any atom is -0.370 e. The Morgan fingerprint density at radius 3 is 2.55 bits per heavy atom. The molecule has 2 aromatic carbocycles. The molecule has 0 radical (unpaired) electrons. The van der Waals surface area contributed by atoms with E-state index in [1.807, 2.05) is 18.2 Å². The molecular formula is C22H23Cl2N3O2. The highest BCUT2D eigenvalue weighted by atomic mass is 35.5. The van der Waals surface area contributed by atoms with Gasteiger partial charge in [0.2, 0.25) is 11.8 Å². The first-order valence-corrected chi connectivity index (χ1v) is 10.7. The number of rotatable bonds is 4. The van der Waals surface area contributed by atoms with Crippen molar-refractivity contribution in [2.24, 2.45) is 5.92 Å². The zero-order valence-corrected chi connectivity index (χ0v) is 17.5. The molecule has 0 saturated carbocycles. The van der Waals surface area contributed by atoms with Gasteiger partial charge in [0.05, 0.1) is 16.6 Å². The van der Waals surface area contributed by atoms with Crippen LogP contribution < -0.4 is 15.1 Å². The number of carbonyl (C=O) groups excluding carboxylic acids is 2. The number of carbonyl (C=O) groups is 2. The Hall–Kier alpha value is -2.24. The minimum atomic E-state index is -0.415. The summed E-state index contributed by atoms with van der Waals surface area (Å²) in [4.78, 5) is 29.0. The molecule has 2 amide bonds. The molecule has 0 bridgehead atoms. The van der Waals surface area contributed by atoms with Gasteiger partial charge < -0.3 is 15.1 Å². The Morgan fingerprint density at radius 2 is 1.83 bits per heavy atom. The molecule has 152 valence electrons. The maximum absolute atomic E-state index is 12.7. The van der Waals surface area contributed by atoms with Gasteiger partial charge in [0.25, 0.3) is 0 Å². The standard InChI is InChI=1S/C22H23Cl2N3O2/c23-16-5-4-6-18(12-16)27-14-15(11-21(27)28)22(29)25-17-7-8-20(19(24)13-17)26-9-2-1-3-10-26/h4-8,12-13,15H,1-3,9-11,14H2,(H,25,29). The molecule has 1 atom stereocenters. The summed E-state index contributed by atoms with van der Waals surface area (Å²) in [6, 6.07) is 12.7. The predicted molar refractivity (Wildman–Crippen MR) is 118 cm³/mol. The summed E-state index contributed by atoms with van der Waals surface area (Å²) in [5.74, 6) is -0.669. The fourth-order valence-corrected chi connectivity index (χ4v) is 4.48. The largest absolute Gasteiger partial charge is 0.370 e. The van der Waals surface area contributed by atoms with Crippen molar-refractivity contribution in [3.05, 3.63) is 52.5 Å². The second-order valence-corrected chi connectivity index (χ2v) is 8.43. The SMILES string of the molecule is O=C(Nc1ccc(N2CCCCC2)c(Cl)c1)C1CC(=O)N(c2cccc(Cl)c2)C1. The molecule has 2 aromatic rings. The molecule has 2 fully saturated rings. The quantitative estimate of drug-likeness (QED) is 0.742. The van der Waals surface area contributed by atoms with Crippen molar-refractivity contribution in [2.45, 2.75) is 25.7 Å². The van der Waals surface area contributed by atoms with E-state index in [1.54, 1.807) is 29.2 Å². The van der Waals surface area contributed by atoms with E-state index >= 15 is 0 Å². The third-order valence-electron chi connectivity index (χ3n) is 5.53. The summed E-state index contributed by atoms with van der Waals surface area (Å²) in [6.07, 6.45) is 3.79. The van der Waals surface area contributed by atoms with E-state index in [9.17, 15) is 9.59 Å². The number of benzene rings is 2. The van der Waals surface area contributed by atoms with Gasteiger partial charge in [-0.3, -0.25) is 9.59 Å². The molecule has 0 spiro atoms. The first-order chi connectivity index (χ1) is 14.0. The van der Waals surface area contributed by atoms with Gasteiger partial charge in [0.1, 0.15) is 0 Å². The van der Waals surface area contributed by atoms with Gasteiger partial charge >= 0.3 is 0 Å². The van der Waals surface area contributed by atoms with Crippen molar-refractivity contribution < 1.29 is 9.59 Å². The summed E-state index contributed by atoms with van der Waals surface area (Å²) in [5, 5.41) is 4.11. The van der Waals surface area contributed by atoms with Crippen LogP contribution in [0.15, 0.2) is 42.5 Å². The lowest BCUT2D eigenvalue weighted by Crippen LogP contribution is -2.29. The molecule has 0 aromatic heterocycles. The first kappa shape index (κ1) is 20.0. The number of halogens is 2. The topological polar surface area (TPSA) is 52.7 Å². The second-order valence-electron chi connectivity index (χ2n) is 7.59. The fraction of sp³-hybridized carbons (Fsp3) is 0.364. The molecule has 2 heterocycles. The van der Waals surface area contributed by atoms with E-state index in [1.165, 1.54) is 19.3 Å². The molecule has 7 heteroatoms. The lowest BCUT2D eigenvalue weighted by molar-refractivity contribution is -0.122. The molecule has 2 aliphatic heterocycles. The van der Waals surface area contributed by atoms with Crippen LogP contribution in [0.25, 0.3) is 0 Å². The highest BCUT2D eigenvalue weighted by Gasteiger charge is 2.35. The summed E-state index contributed by atoms with van der Waals surface area (Å²) in [5.41, 5.74) is 2.37. The van der Waals surface area contributed by atoms with Crippen LogP contribution >= 0.6 is 23.2 Å². The highest BCUT2D eigenvalue weighted by molar-refractivity contribution is 6.33.